The molecule has 0 spiro atoms. The van der Waals surface area contributed by atoms with Crippen LogP contribution in [-0.2, 0) is 11.3 Å². The Morgan fingerprint density at radius 1 is 1.41 bits per heavy atom. The summed E-state index contributed by atoms with van der Waals surface area (Å²) in [4.78, 5) is 14.3. The lowest BCUT2D eigenvalue weighted by Gasteiger charge is -2.31. The molecule has 4 N–H and O–H groups in total. The molecule has 1 aromatic rings. The Balaban J connectivity index is 1.93. The smallest absolute Gasteiger partial charge is 0.243 e. The van der Waals surface area contributed by atoms with Gasteiger partial charge in [-0.2, -0.15) is 0 Å². The van der Waals surface area contributed by atoms with Crippen LogP contribution in [0.15, 0.2) is 24.3 Å². The van der Waals surface area contributed by atoms with Gasteiger partial charge in [0.25, 0.3) is 0 Å². The Hall–Kier alpha value is -1.43. The molecule has 2 rings (SSSR count). The van der Waals surface area contributed by atoms with Crippen molar-refractivity contribution in [1.82, 2.24) is 4.90 Å². The molecule has 1 amide bonds. The number of nitrogens with one attached hydrogen (secondary N) is 1. The standard InChI is InChI=1S/C17H27N3O2/c1-17(2,18)16(22)19-15-5-3-4-14(10-15)11-20-8-6-13(12-21)7-9-20/h3-5,10,13,21H,6-9,11-12,18H2,1-2H3,(H,19,22). The van der Waals surface area contributed by atoms with Gasteiger partial charge in [-0.1, -0.05) is 12.1 Å². The van der Waals surface area contributed by atoms with Crippen LogP contribution in [0, 0.1) is 5.92 Å². The molecule has 0 aliphatic carbocycles. The van der Waals surface area contributed by atoms with Crippen LogP contribution in [-0.4, -0.2) is 41.1 Å². The average molecular weight is 305 g/mol. The lowest BCUT2D eigenvalue weighted by atomic mass is 9.97. The molecule has 1 saturated heterocycles. The number of hydrogen-bond donors (Lipinski definition) is 3. The molecule has 1 aromatic carbocycles. The van der Waals surface area contributed by atoms with Crippen LogP contribution in [0.3, 0.4) is 0 Å². The molecule has 22 heavy (non-hydrogen) atoms. The summed E-state index contributed by atoms with van der Waals surface area (Å²) in [6, 6.07) is 7.91. The van der Waals surface area contributed by atoms with E-state index in [1.807, 2.05) is 18.2 Å². The maximum absolute atomic E-state index is 11.9. The van der Waals surface area contributed by atoms with Crippen LogP contribution in [0.1, 0.15) is 32.3 Å². The molecular weight excluding hydrogens is 278 g/mol. The van der Waals surface area contributed by atoms with Gasteiger partial charge < -0.3 is 16.2 Å². The third-order valence-corrected chi connectivity index (χ3v) is 4.14. The van der Waals surface area contributed by atoms with Crippen LogP contribution in [0.25, 0.3) is 0 Å². The number of hydrogen-bond acceptors (Lipinski definition) is 4. The molecule has 0 bridgehead atoms. The Bertz CT molecular complexity index is 503. The monoisotopic (exact) mass is 305 g/mol. The number of aliphatic hydroxyl groups excluding tert-OH is 1. The molecule has 5 nitrogen and oxygen atoms in total. The van der Waals surface area contributed by atoms with Gasteiger partial charge in [0, 0.05) is 18.8 Å². The van der Waals surface area contributed by atoms with Gasteiger partial charge in [-0.05, 0) is 63.4 Å². The van der Waals surface area contributed by atoms with Gasteiger partial charge in [0.05, 0.1) is 5.54 Å². The Labute approximate surface area is 132 Å². The van der Waals surface area contributed by atoms with E-state index in [0.717, 1.165) is 38.2 Å². The van der Waals surface area contributed by atoms with E-state index in [4.69, 9.17) is 5.73 Å². The molecular formula is C17H27N3O2. The quantitative estimate of drug-likeness (QED) is 0.771. The fourth-order valence-corrected chi connectivity index (χ4v) is 2.62. The summed E-state index contributed by atoms with van der Waals surface area (Å²) in [5.74, 6) is 0.266. The van der Waals surface area contributed by atoms with Crippen LogP contribution < -0.4 is 11.1 Å². The van der Waals surface area contributed by atoms with Gasteiger partial charge in [-0.25, -0.2) is 0 Å². The van der Waals surface area contributed by atoms with Crippen LogP contribution in [0.4, 0.5) is 5.69 Å². The zero-order valence-electron chi connectivity index (χ0n) is 13.5. The van der Waals surface area contributed by atoms with E-state index < -0.39 is 5.54 Å². The SMILES string of the molecule is CC(C)(N)C(=O)Nc1cccc(CN2CCC(CO)CC2)c1. The van der Waals surface area contributed by atoms with Crippen molar-refractivity contribution in [3.8, 4) is 0 Å². The second-order valence-corrected chi connectivity index (χ2v) is 6.78. The van der Waals surface area contributed by atoms with Gasteiger partial charge in [-0.15, -0.1) is 0 Å². The van der Waals surface area contributed by atoms with Gasteiger partial charge in [0.15, 0.2) is 0 Å². The summed E-state index contributed by atoms with van der Waals surface area (Å²) in [5, 5.41) is 12.0. The highest BCUT2D eigenvalue weighted by molar-refractivity contribution is 5.97. The number of piperidine rings is 1. The summed E-state index contributed by atoms with van der Waals surface area (Å²) in [6.07, 6.45) is 2.10. The van der Waals surface area contributed by atoms with Crippen molar-refractivity contribution in [3.05, 3.63) is 29.8 Å². The third-order valence-electron chi connectivity index (χ3n) is 4.14. The number of rotatable bonds is 5. The van der Waals surface area contributed by atoms with Gasteiger partial charge >= 0.3 is 0 Å². The Morgan fingerprint density at radius 2 is 2.09 bits per heavy atom. The first-order valence-electron chi connectivity index (χ1n) is 7.91. The van der Waals surface area contributed by atoms with Crippen LogP contribution in [0.5, 0.6) is 0 Å². The second kappa shape index (κ2) is 7.22. The summed E-state index contributed by atoms with van der Waals surface area (Å²) in [5.41, 5.74) is 6.87. The molecule has 0 aromatic heterocycles. The maximum atomic E-state index is 11.9. The fourth-order valence-electron chi connectivity index (χ4n) is 2.62. The largest absolute Gasteiger partial charge is 0.396 e. The Morgan fingerprint density at radius 3 is 2.68 bits per heavy atom. The number of anilines is 1. The molecule has 5 heteroatoms. The van der Waals surface area contributed by atoms with E-state index in [-0.39, 0.29) is 5.91 Å². The van der Waals surface area contributed by atoms with Crippen molar-refractivity contribution in [2.75, 3.05) is 25.0 Å². The van der Waals surface area contributed by atoms with Gasteiger partial charge in [0.2, 0.25) is 5.91 Å². The molecule has 1 heterocycles. The minimum atomic E-state index is -0.887. The number of benzene rings is 1. The highest BCUT2D eigenvalue weighted by atomic mass is 16.3. The molecule has 0 saturated carbocycles. The van der Waals surface area contributed by atoms with E-state index in [0.29, 0.717) is 12.5 Å². The molecule has 0 atom stereocenters. The summed E-state index contributed by atoms with van der Waals surface area (Å²) < 4.78 is 0. The molecule has 0 unspecified atom stereocenters. The van der Waals surface area contributed by atoms with Crippen molar-refractivity contribution in [2.24, 2.45) is 11.7 Å². The number of likely N-dealkylation sites (tertiary alicyclic amines) is 1. The van der Waals surface area contributed by atoms with Crippen molar-refractivity contribution in [2.45, 2.75) is 38.8 Å². The number of carbonyl (C=O) groups excluding carboxylic acids is 1. The average Bonchev–Trinajstić information content (AvgIpc) is 2.47. The number of carbonyl (C=O) groups is 1. The molecule has 1 aliphatic heterocycles. The zero-order valence-corrected chi connectivity index (χ0v) is 13.5. The molecule has 0 radical (unpaired) electrons. The number of nitrogens with two attached hydrogens (primary N) is 1. The third kappa shape index (κ3) is 4.80. The molecule has 1 fully saturated rings. The first-order valence-corrected chi connectivity index (χ1v) is 7.91. The zero-order chi connectivity index (χ0) is 16.2. The van der Waals surface area contributed by atoms with E-state index in [9.17, 15) is 9.90 Å². The lowest BCUT2D eigenvalue weighted by Crippen LogP contribution is -2.45. The molecule has 1 aliphatic rings. The second-order valence-electron chi connectivity index (χ2n) is 6.78. The predicted molar refractivity (Wildman–Crippen MR) is 88.4 cm³/mol. The van der Waals surface area contributed by atoms with Crippen molar-refractivity contribution < 1.29 is 9.90 Å². The predicted octanol–water partition coefficient (Wildman–Crippen LogP) is 1.57. The lowest BCUT2D eigenvalue weighted by molar-refractivity contribution is -0.120. The van der Waals surface area contributed by atoms with E-state index in [1.54, 1.807) is 13.8 Å². The van der Waals surface area contributed by atoms with E-state index >= 15 is 0 Å². The first kappa shape index (κ1) is 16.9. The van der Waals surface area contributed by atoms with Gasteiger partial charge in [-0.3, -0.25) is 9.69 Å². The van der Waals surface area contributed by atoms with Crippen LogP contribution in [0.2, 0.25) is 0 Å². The minimum Gasteiger partial charge on any atom is -0.396 e. The summed E-state index contributed by atoms with van der Waals surface area (Å²) in [7, 11) is 0. The summed E-state index contributed by atoms with van der Waals surface area (Å²) in [6.45, 7) is 6.57. The van der Waals surface area contributed by atoms with Crippen molar-refractivity contribution in [3.63, 3.8) is 0 Å². The maximum Gasteiger partial charge on any atom is 0.243 e. The Kier molecular flexibility index (Phi) is 5.56. The summed E-state index contributed by atoms with van der Waals surface area (Å²) >= 11 is 0. The van der Waals surface area contributed by atoms with Crippen molar-refractivity contribution >= 4 is 11.6 Å². The minimum absolute atomic E-state index is 0.187. The highest BCUT2D eigenvalue weighted by Gasteiger charge is 2.22. The number of nitrogens with zero attached hydrogens (tertiary/aromatic N) is 1. The molecule has 122 valence electrons. The normalized spacial score (nSPS) is 17.5. The van der Waals surface area contributed by atoms with Gasteiger partial charge in [0.1, 0.15) is 0 Å². The number of aliphatic hydroxyl groups is 1. The van der Waals surface area contributed by atoms with E-state index in [1.165, 1.54) is 5.56 Å². The van der Waals surface area contributed by atoms with Crippen molar-refractivity contribution in [1.29, 1.82) is 0 Å². The highest BCUT2D eigenvalue weighted by Crippen LogP contribution is 2.20. The van der Waals surface area contributed by atoms with E-state index in [2.05, 4.69) is 16.3 Å². The topological polar surface area (TPSA) is 78.6 Å². The van der Waals surface area contributed by atoms with Crippen LogP contribution >= 0.6 is 0 Å². The number of amides is 1. The fraction of sp³-hybridized carbons (Fsp3) is 0.588. The first-order chi connectivity index (χ1) is 10.4.